The van der Waals surface area contributed by atoms with E-state index in [4.69, 9.17) is 0 Å². The van der Waals surface area contributed by atoms with E-state index in [1.165, 1.54) is 24.2 Å². The van der Waals surface area contributed by atoms with Gasteiger partial charge in [0.1, 0.15) is 0 Å². The maximum Gasteiger partial charge on any atom is -0.0235 e. The van der Waals surface area contributed by atoms with Crippen molar-refractivity contribution < 1.29 is 0 Å². The first-order valence-corrected chi connectivity index (χ1v) is 3.88. The highest BCUT2D eigenvalue weighted by atomic mass is 14.8. The highest BCUT2D eigenvalue weighted by Crippen LogP contribution is 2.86. The summed E-state index contributed by atoms with van der Waals surface area (Å²) in [7, 11) is 0. The van der Waals surface area contributed by atoms with Crippen LogP contribution in [0.15, 0.2) is 0 Å². The van der Waals surface area contributed by atoms with Crippen molar-refractivity contribution in [1.82, 2.24) is 0 Å². The van der Waals surface area contributed by atoms with E-state index in [0.717, 1.165) is 5.41 Å². The first kappa shape index (κ1) is 3.92. The Morgan fingerprint density at radius 3 is 2.62 bits per heavy atom. The fourth-order valence-corrected chi connectivity index (χ4v) is 3.23. The van der Waals surface area contributed by atoms with Crippen molar-refractivity contribution in [2.24, 2.45) is 23.2 Å². The molecule has 4 atom stereocenters. The third-order valence-corrected chi connectivity index (χ3v) is 3.93. The Bertz CT molecular complexity index is 138. The SMILES string of the molecule is CCC12CC1C1CC12. The highest BCUT2D eigenvalue weighted by molar-refractivity contribution is 5.27. The van der Waals surface area contributed by atoms with Crippen LogP contribution in [0.4, 0.5) is 0 Å². The molecule has 0 aliphatic heterocycles. The Morgan fingerprint density at radius 1 is 1.50 bits per heavy atom. The molecule has 0 heteroatoms. The van der Waals surface area contributed by atoms with Crippen LogP contribution in [0.25, 0.3) is 0 Å². The molecule has 0 spiro atoms. The van der Waals surface area contributed by atoms with Crippen LogP contribution in [0.3, 0.4) is 0 Å². The van der Waals surface area contributed by atoms with Gasteiger partial charge in [0, 0.05) is 0 Å². The van der Waals surface area contributed by atoms with Gasteiger partial charge < -0.3 is 0 Å². The number of hydrogen-bond acceptors (Lipinski definition) is 0. The predicted molar refractivity (Wildman–Crippen MR) is 32.4 cm³/mol. The molecule has 0 heterocycles. The number of hydrogen-bond donors (Lipinski definition) is 0. The third-order valence-electron chi connectivity index (χ3n) is 3.93. The van der Waals surface area contributed by atoms with Crippen LogP contribution in [0, 0.1) is 23.2 Å². The van der Waals surface area contributed by atoms with Crippen LogP contribution in [0.1, 0.15) is 26.2 Å². The molecule has 0 bridgehead atoms. The summed E-state index contributed by atoms with van der Waals surface area (Å²) < 4.78 is 0. The van der Waals surface area contributed by atoms with Crippen molar-refractivity contribution in [3.8, 4) is 0 Å². The summed E-state index contributed by atoms with van der Waals surface area (Å²) in [6.07, 6.45) is 4.70. The molecule has 0 nitrogen and oxygen atoms in total. The molecular weight excluding hydrogens is 96.1 g/mol. The molecule has 4 unspecified atom stereocenters. The van der Waals surface area contributed by atoms with E-state index in [1.54, 1.807) is 12.8 Å². The van der Waals surface area contributed by atoms with Gasteiger partial charge in [-0.3, -0.25) is 0 Å². The summed E-state index contributed by atoms with van der Waals surface area (Å²) in [6, 6.07) is 0. The van der Waals surface area contributed by atoms with Gasteiger partial charge in [0.2, 0.25) is 0 Å². The van der Waals surface area contributed by atoms with E-state index in [0.29, 0.717) is 0 Å². The fourth-order valence-electron chi connectivity index (χ4n) is 3.23. The lowest BCUT2D eigenvalue weighted by Gasteiger charge is -2.22. The molecule has 3 fully saturated rings. The maximum absolute atomic E-state index is 2.37. The van der Waals surface area contributed by atoms with E-state index in [1.807, 2.05) is 0 Å². The van der Waals surface area contributed by atoms with Crippen molar-refractivity contribution in [2.45, 2.75) is 26.2 Å². The Balaban J connectivity index is 1.95. The summed E-state index contributed by atoms with van der Waals surface area (Å²) in [5.41, 5.74) is 0.963. The summed E-state index contributed by atoms with van der Waals surface area (Å²) in [5, 5.41) is 0. The standard InChI is InChI=1S/C8H12/c1-2-8-4-7(8)5-3-6(5)8/h5-7H,2-4H2,1H3. The molecule has 3 aliphatic carbocycles. The van der Waals surface area contributed by atoms with Gasteiger partial charge in [-0.25, -0.2) is 0 Å². The minimum Gasteiger partial charge on any atom is -0.0648 e. The average molecular weight is 108 g/mol. The highest BCUT2D eigenvalue weighted by Gasteiger charge is 2.79. The van der Waals surface area contributed by atoms with Gasteiger partial charge in [0.05, 0.1) is 0 Å². The van der Waals surface area contributed by atoms with Crippen molar-refractivity contribution in [2.75, 3.05) is 0 Å². The van der Waals surface area contributed by atoms with Crippen molar-refractivity contribution in [1.29, 1.82) is 0 Å². The quantitative estimate of drug-likeness (QED) is 0.482. The lowest BCUT2D eigenvalue weighted by molar-refractivity contribution is 0.258. The topological polar surface area (TPSA) is 0 Å². The van der Waals surface area contributed by atoms with Gasteiger partial charge in [-0.1, -0.05) is 6.92 Å². The van der Waals surface area contributed by atoms with Gasteiger partial charge in [-0.15, -0.1) is 0 Å². The fraction of sp³-hybridized carbons (Fsp3) is 1.00. The molecule has 0 aromatic heterocycles. The minimum absolute atomic E-state index is 0.963. The zero-order chi connectivity index (χ0) is 5.35. The van der Waals surface area contributed by atoms with Gasteiger partial charge in [-0.2, -0.15) is 0 Å². The van der Waals surface area contributed by atoms with E-state index >= 15 is 0 Å². The third kappa shape index (κ3) is 0.191. The Labute approximate surface area is 50.3 Å². The summed E-state index contributed by atoms with van der Waals surface area (Å²) >= 11 is 0. The first-order chi connectivity index (χ1) is 3.88. The molecule has 44 valence electrons. The van der Waals surface area contributed by atoms with E-state index in [-0.39, 0.29) is 0 Å². The normalized spacial score (nSPS) is 72.4. The van der Waals surface area contributed by atoms with E-state index < -0.39 is 0 Å². The maximum atomic E-state index is 2.37. The second-order valence-electron chi connectivity index (χ2n) is 3.90. The van der Waals surface area contributed by atoms with Gasteiger partial charge >= 0.3 is 0 Å². The molecule has 0 saturated heterocycles. The summed E-state index contributed by atoms with van der Waals surface area (Å²) in [4.78, 5) is 0. The Morgan fingerprint density at radius 2 is 2.38 bits per heavy atom. The van der Waals surface area contributed by atoms with Crippen LogP contribution in [0.2, 0.25) is 0 Å². The zero-order valence-corrected chi connectivity index (χ0v) is 5.35. The molecule has 0 amide bonds. The molecule has 3 saturated carbocycles. The van der Waals surface area contributed by atoms with Crippen LogP contribution in [-0.4, -0.2) is 0 Å². The summed E-state index contributed by atoms with van der Waals surface area (Å²) in [5.74, 6) is 3.71. The van der Waals surface area contributed by atoms with Crippen LogP contribution < -0.4 is 0 Å². The van der Waals surface area contributed by atoms with E-state index in [2.05, 4.69) is 6.92 Å². The zero-order valence-electron chi connectivity index (χ0n) is 5.35. The van der Waals surface area contributed by atoms with Gasteiger partial charge in [-0.05, 0) is 42.4 Å². The predicted octanol–water partition coefficient (Wildman–Crippen LogP) is 2.05. The monoisotopic (exact) mass is 108 g/mol. The Hall–Kier alpha value is 0. The van der Waals surface area contributed by atoms with Crippen molar-refractivity contribution >= 4 is 0 Å². The minimum atomic E-state index is 0.963. The lowest BCUT2D eigenvalue weighted by Crippen LogP contribution is -2.17. The molecule has 0 aromatic rings. The Kier molecular flexibility index (Phi) is 0.381. The second-order valence-corrected chi connectivity index (χ2v) is 3.90. The summed E-state index contributed by atoms with van der Waals surface area (Å²) in [6.45, 7) is 2.37. The van der Waals surface area contributed by atoms with Gasteiger partial charge in [0.25, 0.3) is 0 Å². The second kappa shape index (κ2) is 0.778. The number of rotatable bonds is 1. The van der Waals surface area contributed by atoms with Crippen molar-refractivity contribution in [3.63, 3.8) is 0 Å². The number of fused-ring (bicyclic) bond motifs is 4. The van der Waals surface area contributed by atoms with Gasteiger partial charge in [0.15, 0.2) is 0 Å². The molecule has 3 rings (SSSR count). The van der Waals surface area contributed by atoms with Crippen LogP contribution >= 0.6 is 0 Å². The van der Waals surface area contributed by atoms with Crippen LogP contribution in [-0.2, 0) is 0 Å². The van der Waals surface area contributed by atoms with Crippen molar-refractivity contribution in [3.05, 3.63) is 0 Å². The first-order valence-electron chi connectivity index (χ1n) is 3.88. The smallest absolute Gasteiger partial charge is 0.0235 e. The molecule has 0 aromatic carbocycles. The lowest BCUT2D eigenvalue weighted by atomic mass is 9.83. The average Bonchev–Trinajstić information content (AvgIpc) is 2.47. The molecule has 3 aliphatic rings. The molecule has 0 N–H and O–H groups in total. The molecular formula is C8H12. The van der Waals surface area contributed by atoms with Crippen LogP contribution in [0.5, 0.6) is 0 Å². The largest absolute Gasteiger partial charge is 0.0648 e. The van der Waals surface area contributed by atoms with E-state index in [9.17, 15) is 0 Å². The molecule has 0 radical (unpaired) electrons. The molecule has 8 heavy (non-hydrogen) atoms.